The Balaban J connectivity index is 0.000000960. The number of amides is 6. The molecule has 6 amide bonds. The second-order valence-electron chi connectivity index (χ2n) is 29.0. The van der Waals surface area contributed by atoms with Crippen molar-refractivity contribution in [2.45, 2.75) is 275 Å². The Morgan fingerprint density at radius 2 is 1.00 bits per heavy atom. The fraction of sp³-hybridized carbons (Fsp3) is 0.785. The first kappa shape index (κ1) is 86.6. The molecule has 97 heavy (non-hydrogen) atoms. The van der Waals surface area contributed by atoms with Gasteiger partial charge in [0.15, 0.2) is 5.54 Å². The minimum Gasteiger partial charge on any atom is -1.00 e. The third-order valence-electron chi connectivity index (χ3n) is 15.6. The highest BCUT2D eigenvalue weighted by Gasteiger charge is 2.64. The number of hydrogen-bond donors (Lipinski definition) is 6. The lowest BCUT2D eigenvalue weighted by Crippen LogP contribution is -2.54. The third-order valence-corrected chi connectivity index (χ3v) is 19.0. The molecule has 0 bridgehead atoms. The van der Waals surface area contributed by atoms with Crippen molar-refractivity contribution in [3.05, 3.63) is 12.2 Å². The van der Waals surface area contributed by atoms with Crippen LogP contribution in [0.4, 0.5) is 35.9 Å². The van der Waals surface area contributed by atoms with Crippen LogP contribution in [-0.2, 0) is 66.8 Å². The molecule has 4 aliphatic rings. The fourth-order valence-electron chi connectivity index (χ4n) is 10.2. The zero-order valence-corrected chi connectivity index (χ0v) is 59.9. The number of halogens is 6. The summed E-state index contributed by atoms with van der Waals surface area (Å²) in [5.74, 6) is -3.71. The Morgan fingerprint density at radius 1 is 0.598 bits per heavy atom. The molecule has 32 heteroatoms. The van der Waals surface area contributed by atoms with Gasteiger partial charge in [0.25, 0.3) is 0 Å². The number of esters is 4. The number of aliphatic hydroxyl groups excluding tert-OH is 2. The van der Waals surface area contributed by atoms with Crippen LogP contribution in [0.2, 0.25) is 51.4 Å². The summed E-state index contributed by atoms with van der Waals surface area (Å²) in [6, 6.07) is -3.66. The van der Waals surface area contributed by atoms with E-state index in [1.165, 1.54) is 0 Å². The van der Waals surface area contributed by atoms with Crippen molar-refractivity contribution in [2.24, 2.45) is 11.8 Å². The summed E-state index contributed by atoms with van der Waals surface area (Å²) in [6.45, 7) is 25.9. The van der Waals surface area contributed by atoms with Crippen LogP contribution in [0, 0.1) is 23.7 Å². The Hall–Kier alpha value is -6.47. The zero-order valence-electron chi connectivity index (χ0n) is 58.9. The molecule has 0 spiro atoms. The molecular formula is C65H107F6N6O18Si2-. The van der Waals surface area contributed by atoms with E-state index in [1.54, 1.807) is 72.1 Å². The van der Waals surface area contributed by atoms with Crippen LogP contribution in [0.15, 0.2) is 12.2 Å². The van der Waals surface area contributed by atoms with Gasteiger partial charge in [-0.3, -0.25) is 29.0 Å². The summed E-state index contributed by atoms with van der Waals surface area (Å²) < 4.78 is 109. The van der Waals surface area contributed by atoms with Gasteiger partial charge in [-0.15, -0.1) is 5.92 Å². The molecule has 2 saturated heterocycles. The summed E-state index contributed by atoms with van der Waals surface area (Å²) in [5, 5.41) is 29.4. The molecule has 0 aromatic heterocycles. The fourth-order valence-corrected chi connectivity index (χ4v) is 11.6. The minimum atomic E-state index is -5.14. The first-order valence-electron chi connectivity index (χ1n) is 32.8. The lowest BCUT2D eigenvalue weighted by Gasteiger charge is -2.29. The summed E-state index contributed by atoms with van der Waals surface area (Å²) in [5.41, 5.74) is -4.37. The molecule has 2 heterocycles. The number of β-amino-alcohol motifs (C(OH)–C–C–N with tert-alkyl or cyclic N) is 2. The molecule has 0 unspecified atom stereocenters. The van der Waals surface area contributed by atoms with Gasteiger partial charge in [-0.05, 0) is 112 Å². The number of ether oxygens (including phenoxy) is 6. The number of nitrogens with one attached hydrogen (secondary N) is 4. The van der Waals surface area contributed by atoms with Crippen molar-refractivity contribution < 1.29 is 114 Å². The quantitative estimate of drug-likeness (QED) is 0.00745. The maximum absolute atomic E-state index is 13.3. The van der Waals surface area contributed by atoms with E-state index in [9.17, 15) is 84.5 Å². The monoisotopic (exact) mass is 1430 g/mol. The van der Waals surface area contributed by atoms with Crippen molar-refractivity contribution in [1.29, 1.82) is 0 Å². The molecule has 2 aliphatic carbocycles. The van der Waals surface area contributed by atoms with Gasteiger partial charge in [0.1, 0.15) is 40.9 Å². The normalized spacial score (nSPS) is 22.9. The average molecular weight is 1430 g/mol. The molecule has 2 saturated carbocycles. The summed E-state index contributed by atoms with van der Waals surface area (Å²) in [4.78, 5) is 128. The van der Waals surface area contributed by atoms with E-state index in [-0.39, 0.29) is 92.8 Å². The predicted molar refractivity (Wildman–Crippen MR) is 351 cm³/mol. The number of rotatable bonds is 30. The smallest absolute Gasteiger partial charge is 0.471 e. The van der Waals surface area contributed by atoms with Crippen LogP contribution in [-0.4, -0.2) is 206 Å². The average Bonchev–Trinajstić information content (AvgIpc) is 1.59. The molecule has 4 rings (SSSR count). The molecule has 10 atom stereocenters. The number of carbonyl (C=O) groups excluding carboxylic acids is 10. The minimum absolute atomic E-state index is 0. The van der Waals surface area contributed by atoms with Crippen LogP contribution >= 0.6 is 0 Å². The summed E-state index contributed by atoms with van der Waals surface area (Å²) in [7, 11) is -3.10. The van der Waals surface area contributed by atoms with Gasteiger partial charge in [-0.25, -0.2) is 28.8 Å². The number of likely N-dealkylation sites (tertiary alicyclic amines) is 2. The van der Waals surface area contributed by atoms with Crippen molar-refractivity contribution in [3.63, 3.8) is 0 Å². The van der Waals surface area contributed by atoms with Crippen molar-refractivity contribution in [2.75, 3.05) is 39.5 Å². The highest BCUT2D eigenvalue weighted by atomic mass is 28.3. The second kappa shape index (κ2) is 37.1. The molecule has 556 valence electrons. The van der Waals surface area contributed by atoms with E-state index in [0.29, 0.717) is 63.5 Å². The first-order valence-corrected chi connectivity index (χ1v) is 40.2. The van der Waals surface area contributed by atoms with Crippen LogP contribution in [0.5, 0.6) is 0 Å². The molecule has 2 aliphatic heterocycles. The number of carbonyl (C=O) groups is 10. The largest absolute Gasteiger partial charge is 1.00 e. The number of hydrogen-bond acceptors (Lipinski definition) is 18. The Morgan fingerprint density at radius 3 is 1.39 bits per heavy atom. The molecule has 0 radical (unpaired) electrons. The Bertz CT molecular complexity index is 2800. The van der Waals surface area contributed by atoms with Crippen molar-refractivity contribution in [1.82, 2.24) is 31.1 Å². The van der Waals surface area contributed by atoms with Crippen molar-refractivity contribution >= 4 is 75.8 Å². The second-order valence-corrected chi connectivity index (χ2v) is 40.2. The topological polar surface area (TPSA) is 321 Å². The van der Waals surface area contributed by atoms with Gasteiger partial charge in [-0.1, -0.05) is 90.5 Å². The van der Waals surface area contributed by atoms with E-state index < -0.39 is 153 Å². The standard InChI is InChI=1S/C32H52F3N3O9Si.C32H50F3N3O9Si.CH4.H/c2*1-8-45-28(43)31(37-25(40)24-18-22(39)20-38(24)29(44)47-30(2,3)4)19-21(31)14-12-10-9-11-13-15-23(36-27(42)32(33,34)35)26(41)46-16-17-48(5,6)7;;/h12,14,21-24,39H,8-11,13,15-20H2,1-7H3,(H,36,42)(H,37,40);21-24,39H,8-11,13,15-20H2,1-7H3,(H,36,42)(H,37,40);1H4;/q;;;-1/b14-12-;;;/t2*21-,22-,23+,24+,31-;;/m11../s1/i;;;1+1. The van der Waals surface area contributed by atoms with Gasteiger partial charge in [0, 0.05) is 41.3 Å². The Kier molecular flexibility index (Phi) is 33.1. The van der Waals surface area contributed by atoms with Crippen LogP contribution in [0.25, 0.3) is 0 Å². The van der Waals surface area contributed by atoms with E-state index >= 15 is 0 Å². The molecule has 6 N–H and O–H groups in total. The summed E-state index contributed by atoms with van der Waals surface area (Å²) >= 11 is 0. The van der Waals surface area contributed by atoms with Crippen molar-refractivity contribution in [3.8, 4) is 11.8 Å². The number of alkyl halides is 6. The SMILES string of the molecule is C.CCOC(=O)[C@@]1(NC(=O)[C@@H]2C[C@@H](O)CN2C(=O)OC(C)(C)C)C[C@H]1/C=C\CCCCC[C@H](NC(=O)C(F)(F)F)C(=O)OCC[Si](C)(C)C.CCOC(=O)[C@@]1(NC(=O)[C@@H]2C[C@@H](O)CN2C(=O)OC(C)(C)C)C[C@H]1C#CCCCCC[C@H](NC(=O)C(F)(F)F)C(=O)OCC[Si](C)(C)C.[2H-]. The number of aliphatic hydroxyl groups is 2. The lowest BCUT2D eigenvalue weighted by atomic mass is 10.1. The van der Waals surface area contributed by atoms with Gasteiger partial charge >= 0.3 is 60.2 Å². The van der Waals surface area contributed by atoms with Gasteiger partial charge < -0.3 is 61.3 Å². The van der Waals surface area contributed by atoms with E-state index in [1.807, 2.05) is 6.08 Å². The molecule has 0 aromatic rings. The molecule has 24 nitrogen and oxygen atoms in total. The van der Waals surface area contributed by atoms with Gasteiger partial charge in [-0.2, -0.15) is 26.3 Å². The lowest BCUT2D eigenvalue weighted by molar-refractivity contribution is -0.176. The number of unbranched alkanes of at least 4 members (excludes halogenated alkanes) is 6. The Labute approximate surface area is 569 Å². The van der Waals surface area contributed by atoms with Gasteiger partial charge in [0.2, 0.25) is 11.8 Å². The zero-order chi connectivity index (χ0) is 73.0. The molecular weight excluding hydrogens is 1320 g/mol. The molecule has 0 aromatic carbocycles. The predicted octanol–water partition coefficient (Wildman–Crippen LogP) is 8.66. The molecule has 4 fully saturated rings. The number of allylic oxidation sites excluding steroid dienone is 1. The van der Waals surface area contributed by atoms with E-state index in [0.717, 1.165) is 9.80 Å². The summed E-state index contributed by atoms with van der Waals surface area (Å²) in [6.07, 6.45) is -5.92. The highest BCUT2D eigenvalue weighted by molar-refractivity contribution is 6.76. The van der Waals surface area contributed by atoms with E-state index in [4.69, 9.17) is 28.4 Å². The highest BCUT2D eigenvalue weighted by Crippen LogP contribution is 2.47. The van der Waals surface area contributed by atoms with Crippen LogP contribution in [0.3, 0.4) is 0 Å². The first-order chi connectivity index (χ1) is 44.2. The number of nitrogens with zero attached hydrogens (tertiary/aromatic N) is 2. The maximum atomic E-state index is 13.3. The van der Waals surface area contributed by atoms with Crippen LogP contribution in [0.1, 0.15) is 154 Å². The van der Waals surface area contributed by atoms with Gasteiger partial charge in [0.05, 0.1) is 57.6 Å². The van der Waals surface area contributed by atoms with Crippen LogP contribution < -0.4 is 21.3 Å². The van der Waals surface area contributed by atoms with E-state index in [2.05, 4.69) is 61.8 Å². The maximum Gasteiger partial charge on any atom is 0.471 e. The third kappa shape index (κ3) is 29.9.